The molecule has 2 aromatic rings. The van der Waals surface area contributed by atoms with E-state index < -0.39 is 26.7 Å². The Balaban J connectivity index is 1.87. The van der Waals surface area contributed by atoms with Gasteiger partial charge in [0.1, 0.15) is 0 Å². The summed E-state index contributed by atoms with van der Waals surface area (Å²) in [6.07, 6.45) is 0.0182. The normalized spacial score (nSPS) is 15.9. The maximum absolute atomic E-state index is 13.7. The van der Waals surface area contributed by atoms with Crippen molar-refractivity contribution in [2.75, 3.05) is 11.9 Å². The summed E-state index contributed by atoms with van der Waals surface area (Å²) in [6, 6.07) is 7.50. The second kappa shape index (κ2) is 9.34. The summed E-state index contributed by atoms with van der Waals surface area (Å²) in [5, 5.41) is 3.37. The number of benzene rings is 2. The topological polar surface area (TPSA) is 58.2 Å². The fourth-order valence-electron chi connectivity index (χ4n) is 3.51. The first kappa shape index (κ1) is 23.2. The molecule has 1 saturated carbocycles. The molecule has 2 aromatic carbocycles. The van der Waals surface area contributed by atoms with Crippen LogP contribution in [0.15, 0.2) is 41.3 Å². The summed E-state index contributed by atoms with van der Waals surface area (Å²) < 4.78 is 68.6. The van der Waals surface area contributed by atoms with Crippen LogP contribution in [0.3, 0.4) is 0 Å². The van der Waals surface area contributed by atoms with E-state index in [1.165, 1.54) is 24.3 Å². The number of anilines is 2. The van der Waals surface area contributed by atoms with Crippen LogP contribution in [0.4, 0.5) is 24.5 Å². The van der Waals surface area contributed by atoms with Gasteiger partial charge in [0.05, 0.1) is 21.2 Å². The third-order valence-electron chi connectivity index (χ3n) is 5.07. The summed E-state index contributed by atoms with van der Waals surface area (Å²) in [4.78, 5) is -0.793. The van der Waals surface area contributed by atoms with Crippen molar-refractivity contribution < 1.29 is 21.6 Å². The van der Waals surface area contributed by atoms with Crippen molar-refractivity contribution in [1.82, 2.24) is 4.72 Å². The van der Waals surface area contributed by atoms with Gasteiger partial charge in [-0.3, -0.25) is 0 Å². The van der Waals surface area contributed by atoms with Gasteiger partial charge in [0.15, 0.2) is 0 Å². The Morgan fingerprint density at radius 1 is 1.00 bits per heavy atom. The van der Waals surface area contributed by atoms with Gasteiger partial charge in [0, 0.05) is 17.3 Å². The van der Waals surface area contributed by atoms with Crippen LogP contribution in [0.5, 0.6) is 0 Å². The molecule has 1 aliphatic carbocycles. The summed E-state index contributed by atoms with van der Waals surface area (Å²) in [7, 11) is -4.32. The maximum atomic E-state index is 13.7. The summed E-state index contributed by atoms with van der Waals surface area (Å²) >= 11 is 11.9. The van der Waals surface area contributed by atoms with E-state index in [1.54, 1.807) is 0 Å². The summed E-state index contributed by atoms with van der Waals surface area (Å²) in [6.45, 7) is 0.139. The van der Waals surface area contributed by atoms with Crippen LogP contribution in [-0.4, -0.2) is 15.0 Å². The molecule has 0 amide bonds. The van der Waals surface area contributed by atoms with E-state index >= 15 is 0 Å². The molecule has 0 aromatic heterocycles. The molecule has 1 aliphatic rings. The highest BCUT2D eigenvalue weighted by molar-refractivity contribution is 7.89. The zero-order valence-corrected chi connectivity index (χ0v) is 18.2. The molecule has 10 heteroatoms. The van der Waals surface area contributed by atoms with Crippen molar-refractivity contribution in [1.29, 1.82) is 0 Å². The van der Waals surface area contributed by atoms with Crippen LogP contribution in [0.1, 0.15) is 37.7 Å². The van der Waals surface area contributed by atoms with Crippen molar-refractivity contribution in [3.8, 4) is 0 Å². The van der Waals surface area contributed by atoms with Gasteiger partial charge in [0.2, 0.25) is 10.0 Å². The molecule has 0 saturated heterocycles. The Kier molecular flexibility index (Phi) is 7.22. The van der Waals surface area contributed by atoms with Gasteiger partial charge in [-0.1, -0.05) is 42.5 Å². The standard InChI is InChI=1S/C20H21Cl2F3N2O2S/c21-14-6-8-18(17(22)10-14)27-15-7-9-19(16(11-15)20(23,24)25)30(28,29)26-12-13-4-2-1-3-5-13/h6-11,13,26-27H,1-5,12H2. The third kappa shape index (κ3) is 5.81. The smallest absolute Gasteiger partial charge is 0.354 e. The third-order valence-corrected chi connectivity index (χ3v) is 7.10. The Hall–Kier alpha value is -1.48. The van der Waals surface area contributed by atoms with Crippen LogP contribution in [0, 0.1) is 5.92 Å². The van der Waals surface area contributed by atoms with E-state index in [1.807, 2.05) is 0 Å². The minimum atomic E-state index is -4.85. The fourth-order valence-corrected chi connectivity index (χ4v) is 5.28. The van der Waals surface area contributed by atoms with Crippen molar-refractivity contribution in [2.24, 2.45) is 5.92 Å². The van der Waals surface area contributed by atoms with E-state index in [0.717, 1.165) is 44.2 Å². The highest BCUT2D eigenvalue weighted by Gasteiger charge is 2.37. The van der Waals surface area contributed by atoms with Gasteiger partial charge < -0.3 is 5.32 Å². The second-order valence-corrected chi connectivity index (χ2v) is 9.89. The van der Waals surface area contributed by atoms with E-state index in [2.05, 4.69) is 10.0 Å². The number of hydrogen-bond donors (Lipinski definition) is 2. The molecule has 0 heterocycles. The predicted molar refractivity (Wildman–Crippen MR) is 113 cm³/mol. The first-order valence-electron chi connectivity index (χ1n) is 9.49. The molecule has 3 rings (SSSR count). The van der Waals surface area contributed by atoms with Crippen molar-refractivity contribution >= 4 is 44.6 Å². The fraction of sp³-hybridized carbons (Fsp3) is 0.400. The van der Waals surface area contributed by atoms with Gasteiger partial charge in [-0.05, 0) is 55.2 Å². The second-order valence-electron chi connectivity index (χ2n) is 7.31. The largest absolute Gasteiger partial charge is 0.417 e. The number of nitrogens with one attached hydrogen (secondary N) is 2. The van der Waals surface area contributed by atoms with Crippen LogP contribution in [0.2, 0.25) is 10.0 Å². The minimum absolute atomic E-state index is 0.0535. The Labute approximate surface area is 183 Å². The lowest BCUT2D eigenvalue weighted by Crippen LogP contribution is -2.31. The lowest BCUT2D eigenvalue weighted by molar-refractivity contribution is -0.139. The zero-order chi connectivity index (χ0) is 21.9. The average molecular weight is 481 g/mol. The number of hydrogen-bond acceptors (Lipinski definition) is 3. The van der Waals surface area contributed by atoms with Gasteiger partial charge in [0.25, 0.3) is 0 Å². The zero-order valence-electron chi connectivity index (χ0n) is 15.9. The molecule has 0 bridgehead atoms. The summed E-state index contributed by atoms with van der Waals surface area (Å²) in [5.41, 5.74) is -0.841. The van der Waals surface area contributed by atoms with Crippen molar-refractivity contribution in [3.05, 3.63) is 52.0 Å². The molecule has 0 unspecified atom stereocenters. The average Bonchev–Trinajstić information content (AvgIpc) is 2.69. The van der Waals surface area contributed by atoms with Gasteiger partial charge >= 0.3 is 6.18 Å². The van der Waals surface area contributed by atoms with Gasteiger partial charge in [-0.15, -0.1) is 0 Å². The van der Waals surface area contributed by atoms with E-state index in [0.29, 0.717) is 10.7 Å². The van der Waals surface area contributed by atoms with Crippen LogP contribution >= 0.6 is 23.2 Å². The van der Waals surface area contributed by atoms with E-state index in [9.17, 15) is 21.6 Å². The van der Waals surface area contributed by atoms with Crippen LogP contribution in [-0.2, 0) is 16.2 Å². The van der Waals surface area contributed by atoms with Crippen LogP contribution < -0.4 is 10.0 Å². The monoisotopic (exact) mass is 480 g/mol. The SMILES string of the molecule is O=S(=O)(NCC1CCCCC1)c1ccc(Nc2ccc(Cl)cc2Cl)cc1C(F)(F)F. The molecule has 30 heavy (non-hydrogen) atoms. The van der Waals surface area contributed by atoms with Crippen molar-refractivity contribution in [3.63, 3.8) is 0 Å². The first-order chi connectivity index (χ1) is 14.1. The van der Waals surface area contributed by atoms with Gasteiger partial charge in [-0.2, -0.15) is 13.2 Å². The Morgan fingerprint density at radius 2 is 1.70 bits per heavy atom. The maximum Gasteiger partial charge on any atom is 0.417 e. The van der Waals surface area contributed by atoms with Crippen molar-refractivity contribution in [2.45, 2.75) is 43.2 Å². The highest BCUT2D eigenvalue weighted by atomic mass is 35.5. The van der Waals surface area contributed by atoms with E-state index in [4.69, 9.17) is 23.2 Å². The predicted octanol–water partition coefficient (Wildman–Crippen LogP) is 6.61. The molecule has 164 valence electrons. The molecule has 1 fully saturated rings. The molecular weight excluding hydrogens is 460 g/mol. The van der Waals surface area contributed by atoms with E-state index in [-0.39, 0.29) is 23.2 Å². The number of halogens is 5. The molecule has 0 atom stereocenters. The summed E-state index contributed by atoms with van der Waals surface area (Å²) in [5.74, 6) is 0.149. The molecule has 0 radical (unpaired) electrons. The molecule has 2 N–H and O–H groups in total. The quantitative estimate of drug-likeness (QED) is 0.488. The highest BCUT2D eigenvalue weighted by Crippen LogP contribution is 2.37. The number of sulfonamides is 1. The minimum Gasteiger partial charge on any atom is -0.354 e. The lowest BCUT2D eigenvalue weighted by atomic mass is 9.90. The molecular formula is C20H21Cl2F3N2O2S. The first-order valence-corrected chi connectivity index (χ1v) is 11.7. The number of rotatable bonds is 6. The molecule has 4 nitrogen and oxygen atoms in total. The number of alkyl halides is 3. The molecule has 0 aliphatic heterocycles. The molecule has 0 spiro atoms. The lowest BCUT2D eigenvalue weighted by Gasteiger charge is -2.22. The van der Waals surface area contributed by atoms with Gasteiger partial charge in [-0.25, -0.2) is 13.1 Å². The Bertz CT molecular complexity index is 1010. The Morgan fingerprint density at radius 3 is 2.33 bits per heavy atom. The van der Waals surface area contributed by atoms with Crippen LogP contribution in [0.25, 0.3) is 0 Å².